The predicted octanol–water partition coefficient (Wildman–Crippen LogP) is 3.47. The fourth-order valence-corrected chi connectivity index (χ4v) is 2.20. The summed E-state index contributed by atoms with van der Waals surface area (Å²) in [5.74, 6) is -0.0261. The topological polar surface area (TPSA) is 48.5 Å². The summed E-state index contributed by atoms with van der Waals surface area (Å²) in [4.78, 5) is 8.42. The number of hydrogen-bond donors (Lipinski definition) is 0. The quantitative estimate of drug-likeness (QED) is 0.814. The molecular formula is C15H16FN3. The van der Waals surface area contributed by atoms with Crippen LogP contribution in [0.5, 0.6) is 0 Å². The van der Waals surface area contributed by atoms with E-state index in [1.165, 1.54) is 6.07 Å². The van der Waals surface area contributed by atoms with Crippen molar-refractivity contribution in [1.82, 2.24) is 0 Å². The van der Waals surface area contributed by atoms with Gasteiger partial charge in [-0.3, -0.25) is 0 Å². The Morgan fingerprint density at radius 1 is 1.47 bits per heavy atom. The van der Waals surface area contributed by atoms with Crippen LogP contribution in [0.25, 0.3) is 0 Å². The number of nitriles is 1. The summed E-state index contributed by atoms with van der Waals surface area (Å²) in [6, 6.07) is 8.71. The number of hydrogen-bond acceptors (Lipinski definition) is 3. The molecule has 0 N–H and O–H groups in total. The van der Waals surface area contributed by atoms with Gasteiger partial charge in [-0.1, -0.05) is 19.1 Å². The van der Waals surface area contributed by atoms with Gasteiger partial charge in [0.2, 0.25) is 5.66 Å². The van der Waals surface area contributed by atoms with Gasteiger partial charge in [-0.15, -0.1) is 0 Å². The lowest BCUT2D eigenvalue weighted by Crippen LogP contribution is -2.13. The van der Waals surface area contributed by atoms with Crippen molar-refractivity contribution >= 4 is 11.9 Å². The zero-order valence-corrected chi connectivity index (χ0v) is 11.1. The Balaban J connectivity index is 2.16. The Morgan fingerprint density at radius 2 is 2.26 bits per heavy atom. The molecule has 19 heavy (non-hydrogen) atoms. The summed E-state index contributed by atoms with van der Waals surface area (Å²) < 4.78 is 13.3. The maximum atomic E-state index is 13.3. The lowest BCUT2D eigenvalue weighted by Gasteiger charge is -2.14. The van der Waals surface area contributed by atoms with Gasteiger partial charge in [-0.25, -0.2) is 14.4 Å². The molecule has 0 fully saturated rings. The van der Waals surface area contributed by atoms with Gasteiger partial charge in [0.25, 0.3) is 0 Å². The minimum Gasteiger partial charge on any atom is -0.248 e. The monoisotopic (exact) mass is 257 g/mol. The highest BCUT2D eigenvalue weighted by Gasteiger charge is 2.26. The average Bonchev–Trinajstić information content (AvgIpc) is 2.78. The number of halogens is 1. The highest BCUT2D eigenvalue weighted by molar-refractivity contribution is 6.32. The standard InChI is InChI=1S/C15H16FN3/c1-3-11(12-5-4-6-13(16)7-12)8-14-9-18-15(2,10-17)19-14/h4-7,9,11H,3,8H2,1-2H3. The van der Waals surface area contributed by atoms with Crippen molar-refractivity contribution in [1.29, 1.82) is 5.26 Å². The van der Waals surface area contributed by atoms with Crippen molar-refractivity contribution in [3.05, 3.63) is 35.6 Å². The molecule has 0 aliphatic carbocycles. The van der Waals surface area contributed by atoms with Gasteiger partial charge in [0.05, 0.1) is 5.71 Å². The van der Waals surface area contributed by atoms with Crippen LogP contribution in [-0.2, 0) is 0 Å². The molecule has 1 heterocycles. The van der Waals surface area contributed by atoms with Crippen molar-refractivity contribution < 1.29 is 4.39 Å². The first kappa shape index (κ1) is 13.4. The van der Waals surface area contributed by atoms with Gasteiger partial charge in [0, 0.05) is 6.21 Å². The normalized spacial score (nSPS) is 22.9. The highest BCUT2D eigenvalue weighted by atomic mass is 19.1. The van der Waals surface area contributed by atoms with Crippen LogP contribution < -0.4 is 0 Å². The second kappa shape index (κ2) is 5.31. The Morgan fingerprint density at radius 3 is 2.84 bits per heavy atom. The van der Waals surface area contributed by atoms with Crippen LogP contribution in [0.4, 0.5) is 4.39 Å². The van der Waals surface area contributed by atoms with Gasteiger partial charge in [0.15, 0.2) is 0 Å². The van der Waals surface area contributed by atoms with Gasteiger partial charge in [-0.2, -0.15) is 5.26 Å². The van der Waals surface area contributed by atoms with Crippen LogP contribution in [0, 0.1) is 17.1 Å². The SMILES string of the molecule is CCC(CC1=NC(C)(C#N)N=C1)c1cccc(F)c1. The van der Waals surface area contributed by atoms with Crippen molar-refractivity contribution in [3.63, 3.8) is 0 Å². The van der Waals surface area contributed by atoms with Crippen LogP contribution in [0.3, 0.4) is 0 Å². The average molecular weight is 257 g/mol. The smallest absolute Gasteiger partial charge is 0.234 e. The molecular weight excluding hydrogens is 241 g/mol. The van der Waals surface area contributed by atoms with Gasteiger partial charge >= 0.3 is 0 Å². The molecule has 1 aromatic carbocycles. The Hall–Kier alpha value is -2.02. The van der Waals surface area contributed by atoms with E-state index in [-0.39, 0.29) is 11.7 Å². The van der Waals surface area contributed by atoms with Crippen molar-refractivity contribution in [2.24, 2.45) is 9.98 Å². The molecule has 0 bridgehead atoms. The van der Waals surface area contributed by atoms with E-state index in [1.54, 1.807) is 25.3 Å². The third-order valence-corrected chi connectivity index (χ3v) is 3.31. The first-order chi connectivity index (χ1) is 9.06. The molecule has 98 valence electrons. The lowest BCUT2D eigenvalue weighted by molar-refractivity contribution is 0.615. The molecule has 3 nitrogen and oxygen atoms in total. The molecule has 1 aromatic rings. The molecule has 0 saturated carbocycles. The maximum absolute atomic E-state index is 13.3. The van der Waals surface area contributed by atoms with Gasteiger partial charge in [-0.05, 0) is 43.4 Å². The summed E-state index contributed by atoms with van der Waals surface area (Å²) in [7, 11) is 0. The molecule has 2 unspecified atom stereocenters. The summed E-state index contributed by atoms with van der Waals surface area (Å²) in [6.07, 6.45) is 3.23. The maximum Gasteiger partial charge on any atom is 0.234 e. The molecule has 0 aromatic heterocycles. The number of rotatable bonds is 4. The fourth-order valence-electron chi connectivity index (χ4n) is 2.20. The first-order valence-corrected chi connectivity index (χ1v) is 6.37. The van der Waals surface area contributed by atoms with Crippen LogP contribution in [0.15, 0.2) is 34.3 Å². The molecule has 0 spiro atoms. The van der Waals surface area contributed by atoms with E-state index < -0.39 is 5.66 Å². The molecule has 0 radical (unpaired) electrons. The Kier molecular flexibility index (Phi) is 3.75. The summed E-state index contributed by atoms with van der Waals surface area (Å²) >= 11 is 0. The van der Waals surface area contributed by atoms with E-state index in [4.69, 9.17) is 5.26 Å². The molecule has 0 amide bonds. The van der Waals surface area contributed by atoms with E-state index in [1.807, 2.05) is 6.07 Å². The number of nitrogens with zero attached hydrogens (tertiary/aromatic N) is 3. The van der Waals surface area contributed by atoms with Crippen LogP contribution in [0.2, 0.25) is 0 Å². The Bertz CT molecular complexity index is 571. The second-order valence-corrected chi connectivity index (χ2v) is 4.86. The summed E-state index contributed by atoms with van der Waals surface area (Å²) in [5, 5.41) is 8.97. The van der Waals surface area contributed by atoms with Crippen LogP contribution in [0.1, 0.15) is 38.2 Å². The van der Waals surface area contributed by atoms with E-state index >= 15 is 0 Å². The van der Waals surface area contributed by atoms with Crippen molar-refractivity contribution in [3.8, 4) is 6.07 Å². The summed E-state index contributed by atoms with van der Waals surface area (Å²) in [5.41, 5.74) is 0.791. The van der Waals surface area contributed by atoms with Crippen LogP contribution >= 0.6 is 0 Å². The molecule has 1 aliphatic heterocycles. The molecule has 4 heteroatoms. The minimum absolute atomic E-state index is 0.196. The third-order valence-electron chi connectivity index (χ3n) is 3.31. The summed E-state index contributed by atoms with van der Waals surface area (Å²) in [6.45, 7) is 3.74. The zero-order valence-electron chi connectivity index (χ0n) is 11.1. The lowest BCUT2D eigenvalue weighted by atomic mass is 9.91. The number of benzene rings is 1. The molecule has 2 rings (SSSR count). The minimum atomic E-state index is -0.977. The fraction of sp³-hybridized carbons (Fsp3) is 0.400. The van der Waals surface area contributed by atoms with E-state index in [2.05, 4.69) is 23.0 Å². The van der Waals surface area contributed by atoms with Gasteiger partial charge < -0.3 is 0 Å². The number of aliphatic imine (C=N–C) groups is 2. The molecule has 0 saturated heterocycles. The van der Waals surface area contributed by atoms with Crippen LogP contribution in [-0.4, -0.2) is 17.6 Å². The first-order valence-electron chi connectivity index (χ1n) is 6.37. The van der Waals surface area contributed by atoms with Crippen molar-refractivity contribution in [2.75, 3.05) is 0 Å². The zero-order chi connectivity index (χ0) is 13.9. The molecule has 1 aliphatic rings. The second-order valence-electron chi connectivity index (χ2n) is 4.86. The predicted molar refractivity (Wildman–Crippen MR) is 74.0 cm³/mol. The van der Waals surface area contributed by atoms with E-state index in [0.717, 1.165) is 17.7 Å². The molecule has 2 atom stereocenters. The van der Waals surface area contributed by atoms with E-state index in [0.29, 0.717) is 6.42 Å². The highest BCUT2D eigenvalue weighted by Crippen LogP contribution is 2.26. The third kappa shape index (κ3) is 3.05. The Labute approximate surface area is 112 Å². The largest absolute Gasteiger partial charge is 0.248 e. The van der Waals surface area contributed by atoms with E-state index in [9.17, 15) is 4.39 Å². The van der Waals surface area contributed by atoms with Crippen molar-refractivity contribution in [2.45, 2.75) is 38.3 Å². The van der Waals surface area contributed by atoms with Gasteiger partial charge in [0.1, 0.15) is 11.9 Å².